The molecule has 1 aromatic carbocycles. The molecule has 0 aliphatic carbocycles. The monoisotopic (exact) mass is 322 g/mol. The quantitative estimate of drug-likeness (QED) is 0.757. The van der Waals surface area contributed by atoms with E-state index in [4.69, 9.17) is 0 Å². The van der Waals surface area contributed by atoms with E-state index in [9.17, 15) is 4.79 Å². The van der Waals surface area contributed by atoms with Crippen molar-refractivity contribution in [3.8, 4) is 0 Å². The maximum atomic E-state index is 12.4. The molecule has 1 atom stereocenters. The third kappa shape index (κ3) is 3.62. The van der Waals surface area contributed by atoms with Crippen molar-refractivity contribution in [3.05, 3.63) is 60.7 Å². The Hall–Kier alpha value is -2.69. The molecular weight excluding hydrogens is 300 g/mol. The number of pyridine rings is 1. The Kier molecular flexibility index (Phi) is 4.89. The third-order valence-corrected chi connectivity index (χ3v) is 4.10. The zero-order valence-corrected chi connectivity index (χ0v) is 14.0. The molecule has 1 unspecified atom stereocenters. The Balaban J connectivity index is 1.64. The van der Waals surface area contributed by atoms with Crippen LogP contribution in [0.4, 0.5) is 0 Å². The van der Waals surface area contributed by atoms with Crippen molar-refractivity contribution in [1.29, 1.82) is 0 Å². The van der Waals surface area contributed by atoms with Crippen LogP contribution in [0.15, 0.2) is 55.0 Å². The molecule has 0 radical (unpaired) electrons. The van der Waals surface area contributed by atoms with Crippen LogP contribution < -0.4 is 5.32 Å². The topological polar surface area (TPSA) is 59.8 Å². The van der Waals surface area contributed by atoms with E-state index in [0.717, 1.165) is 16.7 Å². The van der Waals surface area contributed by atoms with Gasteiger partial charge in [-0.25, -0.2) is 4.98 Å². The van der Waals surface area contributed by atoms with Gasteiger partial charge in [-0.1, -0.05) is 32.0 Å². The number of carbonyl (C=O) groups is 1. The molecule has 0 saturated carbocycles. The number of imidazole rings is 1. The molecule has 2 aromatic heterocycles. The van der Waals surface area contributed by atoms with E-state index in [-0.39, 0.29) is 17.9 Å². The predicted octanol–water partition coefficient (Wildman–Crippen LogP) is 3.33. The summed E-state index contributed by atoms with van der Waals surface area (Å²) in [6.07, 6.45) is 3.96. The van der Waals surface area contributed by atoms with E-state index < -0.39 is 0 Å². The van der Waals surface area contributed by atoms with Gasteiger partial charge in [-0.2, -0.15) is 0 Å². The molecule has 0 spiro atoms. The molecule has 124 valence electrons. The van der Waals surface area contributed by atoms with Crippen LogP contribution in [-0.4, -0.2) is 20.4 Å². The molecule has 0 aliphatic heterocycles. The summed E-state index contributed by atoms with van der Waals surface area (Å²) in [5.41, 5.74) is 2.90. The first kappa shape index (κ1) is 16.2. The SMILES string of the molecule is CC(C)C(NC(=O)CCn1cnc2ccccc21)c1ccccn1. The summed E-state index contributed by atoms with van der Waals surface area (Å²) in [5.74, 6) is 0.301. The van der Waals surface area contributed by atoms with Crippen LogP contribution in [-0.2, 0) is 11.3 Å². The van der Waals surface area contributed by atoms with E-state index in [1.807, 2.05) is 47.0 Å². The minimum atomic E-state index is -0.0711. The summed E-state index contributed by atoms with van der Waals surface area (Å²) in [5, 5.41) is 3.11. The van der Waals surface area contributed by atoms with Crippen LogP contribution in [0, 0.1) is 5.92 Å². The highest BCUT2D eigenvalue weighted by Gasteiger charge is 2.19. The van der Waals surface area contributed by atoms with Crippen molar-refractivity contribution < 1.29 is 4.79 Å². The highest BCUT2D eigenvalue weighted by Crippen LogP contribution is 2.19. The number of aromatic nitrogens is 3. The maximum Gasteiger partial charge on any atom is 0.222 e. The van der Waals surface area contributed by atoms with Crippen molar-refractivity contribution in [2.75, 3.05) is 0 Å². The van der Waals surface area contributed by atoms with Gasteiger partial charge < -0.3 is 9.88 Å². The zero-order valence-electron chi connectivity index (χ0n) is 14.0. The molecule has 0 saturated heterocycles. The van der Waals surface area contributed by atoms with Crippen molar-refractivity contribution in [3.63, 3.8) is 0 Å². The van der Waals surface area contributed by atoms with E-state index in [2.05, 4.69) is 29.1 Å². The molecule has 5 nitrogen and oxygen atoms in total. The van der Waals surface area contributed by atoms with Gasteiger partial charge in [0.2, 0.25) is 5.91 Å². The molecule has 0 bridgehead atoms. The highest BCUT2D eigenvalue weighted by molar-refractivity contribution is 5.77. The second-order valence-electron chi connectivity index (χ2n) is 6.22. The van der Waals surface area contributed by atoms with Gasteiger partial charge in [0, 0.05) is 19.2 Å². The number of nitrogens with zero attached hydrogens (tertiary/aromatic N) is 3. The van der Waals surface area contributed by atoms with Crippen LogP contribution in [0.5, 0.6) is 0 Å². The number of amides is 1. The van der Waals surface area contributed by atoms with Crippen LogP contribution in [0.2, 0.25) is 0 Å². The van der Waals surface area contributed by atoms with E-state index in [1.54, 1.807) is 12.5 Å². The fourth-order valence-corrected chi connectivity index (χ4v) is 2.80. The molecule has 2 heterocycles. The lowest BCUT2D eigenvalue weighted by atomic mass is 10.00. The molecule has 3 aromatic rings. The third-order valence-electron chi connectivity index (χ3n) is 4.10. The first-order valence-corrected chi connectivity index (χ1v) is 8.25. The van der Waals surface area contributed by atoms with Crippen molar-refractivity contribution in [1.82, 2.24) is 19.9 Å². The van der Waals surface area contributed by atoms with E-state index in [0.29, 0.717) is 13.0 Å². The average Bonchev–Trinajstić information content (AvgIpc) is 3.01. The smallest absolute Gasteiger partial charge is 0.222 e. The summed E-state index contributed by atoms with van der Waals surface area (Å²) in [6.45, 7) is 4.78. The Morgan fingerprint density at radius 3 is 2.67 bits per heavy atom. The summed E-state index contributed by atoms with van der Waals surface area (Å²) in [7, 11) is 0. The standard InChI is InChI=1S/C19H22N4O/c1-14(2)19(16-8-5-6-11-20-16)22-18(24)10-12-23-13-21-15-7-3-4-9-17(15)23/h3-9,11,13-14,19H,10,12H2,1-2H3,(H,22,24). The number of hydrogen-bond donors (Lipinski definition) is 1. The lowest BCUT2D eigenvalue weighted by Gasteiger charge is -2.22. The van der Waals surface area contributed by atoms with Crippen LogP contribution in [0.25, 0.3) is 11.0 Å². The van der Waals surface area contributed by atoms with Crippen molar-refractivity contribution in [2.45, 2.75) is 32.9 Å². The first-order chi connectivity index (χ1) is 11.6. The molecule has 5 heteroatoms. The molecule has 3 rings (SSSR count). The van der Waals surface area contributed by atoms with Gasteiger partial charge in [-0.3, -0.25) is 9.78 Å². The number of para-hydroxylation sites is 2. The van der Waals surface area contributed by atoms with Gasteiger partial charge in [0.15, 0.2) is 0 Å². The van der Waals surface area contributed by atoms with Gasteiger partial charge in [0.05, 0.1) is 29.1 Å². The summed E-state index contributed by atoms with van der Waals surface area (Å²) < 4.78 is 2.01. The number of rotatable bonds is 6. The lowest BCUT2D eigenvalue weighted by Crippen LogP contribution is -2.32. The number of fused-ring (bicyclic) bond motifs is 1. The highest BCUT2D eigenvalue weighted by atomic mass is 16.1. The fourth-order valence-electron chi connectivity index (χ4n) is 2.80. The number of carbonyl (C=O) groups excluding carboxylic acids is 1. The average molecular weight is 322 g/mol. The molecular formula is C19H22N4O. The van der Waals surface area contributed by atoms with Crippen molar-refractivity contribution >= 4 is 16.9 Å². The second-order valence-corrected chi connectivity index (χ2v) is 6.22. The number of hydrogen-bond acceptors (Lipinski definition) is 3. The van der Waals surface area contributed by atoms with Gasteiger partial charge in [0.25, 0.3) is 0 Å². The predicted molar refractivity (Wildman–Crippen MR) is 94.3 cm³/mol. The molecule has 0 aliphatic rings. The van der Waals surface area contributed by atoms with E-state index in [1.165, 1.54) is 0 Å². The summed E-state index contributed by atoms with van der Waals surface area (Å²) in [4.78, 5) is 21.1. The number of aryl methyl sites for hydroxylation is 1. The van der Waals surface area contributed by atoms with E-state index >= 15 is 0 Å². The first-order valence-electron chi connectivity index (χ1n) is 8.25. The van der Waals surface area contributed by atoms with Crippen LogP contribution >= 0.6 is 0 Å². The molecule has 24 heavy (non-hydrogen) atoms. The fraction of sp³-hybridized carbons (Fsp3) is 0.316. The van der Waals surface area contributed by atoms with Gasteiger partial charge in [0.1, 0.15) is 0 Å². The number of nitrogens with one attached hydrogen (secondary N) is 1. The Bertz CT molecular complexity index is 810. The Labute approximate surface area is 141 Å². The summed E-state index contributed by atoms with van der Waals surface area (Å²) >= 11 is 0. The largest absolute Gasteiger partial charge is 0.347 e. The minimum Gasteiger partial charge on any atom is -0.347 e. The Morgan fingerprint density at radius 2 is 1.92 bits per heavy atom. The molecule has 1 amide bonds. The van der Waals surface area contributed by atoms with Crippen molar-refractivity contribution in [2.24, 2.45) is 5.92 Å². The van der Waals surface area contributed by atoms with Crippen LogP contribution in [0.1, 0.15) is 32.0 Å². The number of benzene rings is 1. The van der Waals surface area contributed by atoms with Gasteiger partial charge in [-0.15, -0.1) is 0 Å². The van der Waals surface area contributed by atoms with Gasteiger partial charge >= 0.3 is 0 Å². The lowest BCUT2D eigenvalue weighted by molar-refractivity contribution is -0.122. The minimum absolute atomic E-state index is 0.0251. The summed E-state index contributed by atoms with van der Waals surface area (Å²) in [6, 6.07) is 13.6. The maximum absolute atomic E-state index is 12.4. The normalized spacial score (nSPS) is 12.5. The van der Waals surface area contributed by atoms with Gasteiger partial charge in [-0.05, 0) is 30.2 Å². The molecule has 1 N–H and O–H groups in total. The Morgan fingerprint density at radius 1 is 1.12 bits per heavy atom. The second kappa shape index (κ2) is 7.25. The zero-order chi connectivity index (χ0) is 16.9. The van der Waals surface area contributed by atoms with Crippen LogP contribution in [0.3, 0.4) is 0 Å². The molecule has 0 fully saturated rings.